The molecular weight excluding hydrogens is 212 g/mol. The van der Waals surface area contributed by atoms with E-state index in [1.54, 1.807) is 0 Å². The van der Waals surface area contributed by atoms with E-state index in [9.17, 15) is 0 Å². The van der Waals surface area contributed by atoms with Crippen molar-refractivity contribution in [2.24, 2.45) is 0 Å². The second-order valence-electron chi connectivity index (χ2n) is 3.66. The molecule has 0 aliphatic carbocycles. The Morgan fingerprint density at radius 3 is 3.07 bits per heavy atom. The number of fused-ring (bicyclic) bond motifs is 1. The van der Waals surface area contributed by atoms with E-state index in [2.05, 4.69) is 17.4 Å². The SMILES string of the molecule is CNC(C)Cc1onc2ccc(Cl)cc12. The first-order chi connectivity index (χ1) is 7.20. The first-order valence-electron chi connectivity index (χ1n) is 4.92. The second-order valence-corrected chi connectivity index (χ2v) is 4.10. The molecule has 0 amide bonds. The number of nitrogens with zero attached hydrogens (tertiary/aromatic N) is 1. The average molecular weight is 225 g/mol. The van der Waals surface area contributed by atoms with Gasteiger partial charge in [0.2, 0.25) is 0 Å². The molecule has 1 unspecified atom stereocenters. The monoisotopic (exact) mass is 224 g/mol. The van der Waals surface area contributed by atoms with Crippen LogP contribution in [0.25, 0.3) is 10.9 Å². The fourth-order valence-corrected chi connectivity index (χ4v) is 1.66. The smallest absolute Gasteiger partial charge is 0.146 e. The highest BCUT2D eigenvalue weighted by atomic mass is 35.5. The Labute approximate surface area is 93.4 Å². The normalized spacial score (nSPS) is 13.3. The molecule has 0 aliphatic heterocycles. The summed E-state index contributed by atoms with van der Waals surface area (Å²) in [6, 6.07) is 5.94. The third-order valence-electron chi connectivity index (χ3n) is 2.50. The van der Waals surface area contributed by atoms with Crippen LogP contribution in [0.1, 0.15) is 12.7 Å². The molecule has 2 rings (SSSR count). The molecule has 0 aliphatic rings. The Bertz CT molecular complexity index is 467. The largest absolute Gasteiger partial charge is 0.360 e. The predicted octanol–water partition coefficient (Wildman–Crippen LogP) is 2.63. The van der Waals surface area contributed by atoms with Crippen LogP contribution in [-0.4, -0.2) is 18.2 Å². The first-order valence-corrected chi connectivity index (χ1v) is 5.29. The number of hydrogen-bond donors (Lipinski definition) is 1. The van der Waals surface area contributed by atoms with Gasteiger partial charge in [-0.3, -0.25) is 0 Å². The Kier molecular flexibility index (Phi) is 2.93. The van der Waals surface area contributed by atoms with Gasteiger partial charge in [-0.1, -0.05) is 16.8 Å². The summed E-state index contributed by atoms with van der Waals surface area (Å²) in [7, 11) is 1.93. The standard InChI is InChI=1S/C11H13ClN2O/c1-7(13-2)5-11-9-6-8(12)3-4-10(9)14-15-11/h3-4,6-7,13H,5H2,1-2H3. The minimum Gasteiger partial charge on any atom is -0.360 e. The van der Waals surface area contributed by atoms with Crippen molar-refractivity contribution in [3.8, 4) is 0 Å². The predicted molar refractivity (Wildman–Crippen MR) is 61.2 cm³/mol. The van der Waals surface area contributed by atoms with Gasteiger partial charge in [0.25, 0.3) is 0 Å². The molecule has 15 heavy (non-hydrogen) atoms. The number of likely N-dealkylation sites (N-methyl/N-ethyl adjacent to an activating group) is 1. The van der Waals surface area contributed by atoms with Gasteiger partial charge in [0.05, 0.1) is 0 Å². The maximum absolute atomic E-state index is 5.93. The number of halogens is 1. The highest BCUT2D eigenvalue weighted by Crippen LogP contribution is 2.23. The summed E-state index contributed by atoms with van der Waals surface area (Å²) < 4.78 is 5.29. The molecule has 4 heteroatoms. The van der Waals surface area contributed by atoms with Crippen LogP contribution in [0.5, 0.6) is 0 Å². The minimum atomic E-state index is 0.361. The lowest BCUT2D eigenvalue weighted by molar-refractivity contribution is 0.378. The number of hydrogen-bond acceptors (Lipinski definition) is 3. The topological polar surface area (TPSA) is 38.1 Å². The van der Waals surface area contributed by atoms with Crippen LogP contribution in [0.3, 0.4) is 0 Å². The Morgan fingerprint density at radius 1 is 1.53 bits per heavy atom. The summed E-state index contributed by atoms with van der Waals surface area (Å²) in [5.41, 5.74) is 0.859. The van der Waals surface area contributed by atoms with Gasteiger partial charge in [0.1, 0.15) is 11.3 Å². The summed E-state index contributed by atoms with van der Waals surface area (Å²) in [4.78, 5) is 0. The summed E-state index contributed by atoms with van der Waals surface area (Å²) in [6.45, 7) is 2.10. The van der Waals surface area contributed by atoms with Gasteiger partial charge >= 0.3 is 0 Å². The van der Waals surface area contributed by atoms with Crippen molar-refractivity contribution >= 4 is 22.5 Å². The first kappa shape index (κ1) is 10.5. The summed E-state index contributed by atoms with van der Waals surface area (Å²) in [6.07, 6.45) is 0.813. The van der Waals surface area contributed by atoms with E-state index in [0.29, 0.717) is 11.1 Å². The molecule has 0 saturated heterocycles. The van der Waals surface area contributed by atoms with Gasteiger partial charge in [-0.15, -0.1) is 0 Å². The zero-order chi connectivity index (χ0) is 10.8. The van der Waals surface area contributed by atoms with Gasteiger partial charge in [0.15, 0.2) is 0 Å². The number of aromatic nitrogens is 1. The second kappa shape index (κ2) is 4.21. The van der Waals surface area contributed by atoms with Gasteiger partial charge in [-0.05, 0) is 32.2 Å². The molecule has 1 heterocycles. The van der Waals surface area contributed by atoms with E-state index >= 15 is 0 Å². The highest BCUT2D eigenvalue weighted by Gasteiger charge is 2.11. The lowest BCUT2D eigenvalue weighted by Crippen LogP contribution is -2.23. The lowest BCUT2D eigenvalue weighted by atomic mass is 10.1. The molecule has 0 fully saturated rings. The number of benzene rings is 1. The Balaban J connectivity index is 2.39. The molecule has 0 spiro atoms. The van der Waals surface area contributed by atoms with E-state index in [1.807, 2.05) is 25.2 Å². The third kappa shape index (κ3) is 2.13. The molecule has 1 aromatic heterocycles. The van der Waals surface area contributed by atoms with Gasteiger partial charge in [-0.25, -0.2) is 0 Å². The fraction of sp³-hybridized carbons (Fsp3) is 0.364. The van der Waals surface area contributed by atoms with Crippen molar-refractivity contribution in [3.63, 3.8) is 0 Å². The van der Waals surface area contributed by atoms with Crippen LogP contribution in [0.2, 0.25) is 5.02 Å². The van der Waals surface area contributed by atoms with Crippen LogP contribution in [0, 0.1) is 0 Å². The maximum Gasteiger partial charge on any atom is 0.146 e. The van der Waals surface area contributed by atoms with Crippen molar-refractivity contribution in [1.29, 1.82) is 0 Å². The van der Waals surface area contributed by atoms with Crippen molar-refractivity contribution < 1.29 is 4.52 Å². The van der Waals surface area contributed by atoms with Gasteiger partial charge in [-0.2, -0.15) is 0 Å². The van der Waals surface area contributed by atoms with Crippen molar-refractivity contribution in [3.05, 3.63) is 29.0 Å². The summed E-state index contributed by atoms with van der Waals surface area (Å²) >= 11 is 5.93. The molecule has 0 bridgehead atoms. The lowest BCUT2D eigenvalue weighted by Gasteiger charge is -2.06. The van der Waals surface area contributed by atoms with Crippen molar-refractivity contribution in [1.82, 2.24) is 10.5 Å². The highest BCUT2D eigenvalue weighted by molar-refractivity contribution is 6.31. The van der Waals surface area contributed by atoms with Crippen molar-refractivity contribution in [2.45, 2.75) is 19.4 Å². The maximum atomic E-state index is 5.93. The molecule has 3 nitrogen and oxygen atoms in total. The quantitative estimate of drug-likeness (QED) is 0.871. The molecule has 0 saturated carbocycles. The molecule has 0 radical (unpaired) electrons. The zero-order valence-corrected chi connectivity index (χ0v) is 9.51. The Morgan fingerprint density at radius 2 is 2.33 bits per heavy atom. The van der Waals surface area contributed by atoms with E-state index in [0.717, 1.165) is 23.1 Å². The van der Waals surface area contributed by atoms with Crippen LogP contribution < -0.4 is 5.32 Å². The molecule has 1 atom stereocenters. The zero-order valence-electron chi connectivity index (χ0n) is 8.75. The molecule has 80 valence electrons. The molecule has 1 aromatic carbocycles. The fourth-order valence-electron chi connectivity index (χ4n) is 1.49. The van der Waals surface area contributed by atoms with Gasteiger partial charge in [0, 0.05) is 22.9 Å². The van der Waals surface area contributed by atoms with E-state index in [4.69, 9.17) is 16.1 Å². The van der Waals surface area contributed by atoms with Gasteiger partial charge < -0.3 is 9.84 Å². The van der Waals surface area contributed by atoms with Crippen molar-refractivity contribution in [2.75, 3.05) is 7.05 Å². The third-order valence-corrected chi connectivity index (χ3v) is 2.73. The molecule has 1 N–H and O–H groups in total. The number of nitrogens with one attached hydrogen (secondary N) is 1. The van der Waals surface area contributed by atoms with Crippen LogP contribution >= 0.6 is 11.6 Å². The minimum absolute atomic E-state index is 0.361. The van der Waals surface area contributed by atoms with E-state index < -0.39 is 0 Å². The van der Waals surface area contributed by atoms with E-state index in [1.165, 1.54) is 0 Å². The molecule has 2 aromatic rings. The summed E-state index contributed by atoms with van der Waals surface area (Å²) in [5.74, 6) is 0.884. The summed E-state index contributed by atoms with van der Waals surface area (Å²) in [5, 5.41) is 8.86. The Hall–Kier alpha value is -1.06. The van der Waals surface area contributed by atoms with Crippen LogP contribution in [0.4, 0.5) is 0 Å². The van der Waals surface area contributed by atoms with Crippen LogP contribution in [-0.2, 0) is 6.42 Å². The molecular formula is C11H13ClN2O. The average Bonchev–Trinajstić information content (AvgIpc) is 2.61. The van der Waals surface area contributed by atoms with Crippen LogP contribution in [0.15, 0.2) is 22.7 Å². The number of rotatable bonds is 3. The van der Waals surface area contributed by atoms with E-state index in [-0.39, 0.29) is 0 Å².